The molecule has 0 aliphatic heterocycles. The third-order valence-electron chi connectivity index (χ3n) is 3.37. The van der Waals surface area contributed by atoms with E-state index in [1.165, 1.54) is 24.4 Å². The van der Waals surface area contributed by atoms with Gasteiger partial charge in [0.05, 0.1) is 17.4 Å². The number of fused-ring (bicyclic) bond motifs is 1. The van der Waals surface area contributed by atoms with Crippen molar-refractivity contribution in [1.29, 1.82) is 0 Å². The maximum Gasteiger partial charge on any atom is 0.312 e. The van der Waals surface area contributed by atoms with E-state index in [4.69, 9.17) is 4.74 Å². The van der Waals surface area contributed by atoms with Crippen molar-refractivity contribution in [3.63, 3.8) is 0 Å². The van der Waals surface area contributed by atoms with Crippen LogP contribution < -0.4 is 10.1 Å². The molecule has 23 heavy (non-hydrogen) atoms. The summed E-state index contributed by atoms with van der Waals surface area (Å²) in [5, 5.41) is 15.2. The van der Waals surface area contributed by atoms with Crippen molar-refractivity contribution in [3.8, 4) is 5.75 Å². The molecule has 8 heteroatoms. The Bertz CT molecular complexity index is 878. The second-order valence-electron chi connectivity index (χ2n) is 4.78. The third kappa shape index (κ3) is 2.93. The maximum absolute atomic E-state index is 11.1. The molecule has 1 N–H and O–H groups in total. The summed E-state index contributed by atoms with van der Waals surface area (Å²) in [4.78, 5) is 21.3. The number of rotatable bonds is 5. The van der Waals surface area contributed by atoms with Crippen LogP contribution in [0.15, 0.2) is 30.6 Å². The lowest BCUT2D eigenvalue weighted by Gasteiger charge is -2.08. The molecule has 0 saturated carbocycles. The molecule has 0 unspecified atom stereocenters. The SMILES string of the molecule is CCc1cc2c(Nc3ccc(OC)c([N+](=O)[O-])c3)ncnc2s1. The van der Waals surface area contributed by atoms with Crippen LogP contribution in [-0.4, -0.2) is 22.0 Å². The second-order valence-corrected chi connectivity index (χ2v) is 5.89. The van der Waals surface area contributed by atoms with E-state index in [1.54, 1.807) is 23.5 Å². The number of ether oxygens (including phenoxy) is 1. The Labute approximate surface area is 136 Å². The standard InChI is InChI=1S/C15H14N4O3S/c1-3-10-7-11-14(16-8-17-15(11)23-10)18-9-4-5-13(22-2)12(6-9)19(20)21/h4-8H,3H2,1-2H3,(H,16,17,18). The number of benzene rings is 1. The summed E-state index contributed by atoms with van der Waals surface area (Å²) in [6.45, 7) is 2.08. The van der Waals surface area contributed by atoms with Gasteiger partial charge < -0.3 is 10.1 Å². The summed E-state index contributed by atoms with van der Waals surface area (Å²) in [5.41, 5.74) is 0.476. The van der Waals surface area contributed by atoms with Crippen molar-refractivity contribution < 1.29 is 9.66 Å². The first-order valence-electron chi connectivity index (χ1n) is 6.95. The van der Waals surface area contributed by atoms with Crippen molar-refractivity contribution in [2.24, 2.45) is 0 Å². The molecule has 2 aromatic heterocycles. The summed E-state index contributed by atoms with van der Waals surface area (Å²) in [6.07, 6.45) is 2.41. The van der Waals surface area contributed by atoms with Gasteiger partial charge in [0.25, 0.3) is 0 Å². The molecule has 0 atom stereocenters. The lowest BCUT2D eigenvalue weighted by Crippen LogP contribution is -1.98. The van der Waals surface area contributed by atoms with E-state index in [9.17, 15) is 10.1 Å². The average molecular weight is 330 g/mol. The number of nitrogens with zero attached hydrogens (tertiary/aromatic N) is 3. The van der Waals surface area contributed by atoms with Crippen LogP contribution in [-0.2, 0) is 6.42 Å². The maximum atomic E-state index is 11.1. The molecular formula is C15H14N4O3S. The van der Waals surface area contributed by atoms with Gasteiger partial charge in [0.2, 0.25) is 0 Å². The molecule has 0 fully saturated rings. The minimum absolute atomic E-state index is 0.0950. The Morgan fingerprint density at radius 1 is 1.35 bits per heavy atom. The van der Waals surface area contributed by atoms with E-state index in [0.29, 0.717) is 11.5 Å². The topological polar surface area (TPSA) is 90.2 Å². The minimum atomic E-state index is -0.473. The van der Waals surface area contributed by atoms with Gasteiger partial charge in [0.1, 0.15) is 17.0 Å². The molecule has 0 radical (unpaired) electrons. The first kappa shape index (κ1) is 15.2. The average Bonchev–Trinajstić information content (AvgIpc) is 2.99. The van der Waals surface area contributed by atoms with Crippen LogP contribution in [0.4, 0.5) is 17.2 Å². The van der Waals surface area contributed by atoms with Crippen LogP contribution in [0.25, 0.3) is 10.2 Å². The summed E-state index contributed by atoms with van der Waals surface area (Å²) in [6, 6.07) is 6.75. The molecular weight excluding hydrogens is 316 g/mol. The zero-order valence-electron chi connectivity index (χ0n) is 12.6. The van der Waals surface area contributed by atoms with Crippen molar-refractivity contribution in [3.05, 3.63) is 45.6 Å². The molecule has 0 saturated heterocycles. The number of nitro groups is 1. The van der Waals surface area contributed by atoms with Gasteiger partial charge in [-0.1, -0.05) is 6.92 Å². The zero-order valence-corrected chi connectivity index (χ0v) is 13.4. The fraction of sp³-hybridized carbons (Fsp3) is 0.200. The minimum Gasteiger partial charge on any atom is -0.490 e. The highest BCUT2D eigenvalue weighted by molar-refractivity contribution is 7.18. The molecule has 1 aromatic carbocycles. The Balaban J connectivity index is 2.00. The summed E-state index contributed by atoms with van der Waals surface area (Å²) in [5.74, 6) is 0.850. The fourth-order valence-electron chi connectivity index (χ4n) is 2.23. The quantitative estimate of drug-likeness (QED) is 0.563. The fourth-order valence-corrected chi connectivity index (χ4v) is 3.16. The number of hydrogen-bond acceptors (Lipinski definition) is 7. The van der Waals surface area contributed by atoms with E-state index in [0.717, 1.165) is 16.6 Å². The normalized spacial score (nSPS) is 10.7. The molecule has 2 heterocycles. The number of nitrogens with one attached hydrogen (secondary N) is 1. The van der Waals surface area contributed by atoms with Gasteiger partial charge >= 0.3 is 5.69 Å². The predicted molar refractivity (Wildman–Crippen MR) is 89.7 cm³/mol. The van der Waals surface area contributed by atoms with Crippen LogP contribution in [0, 0.1) is 10.1 Å². The van der Waals surface area contributed by atoms with Crippen molar-refractivity contribution >= 4 is 38.7 Å². The number of hydrogen-bond donors (Lipinski definition) is 1. The first-order valence-corrected chi connectivity index (χ1v) is 7.77. The van der Waals surface area contributed by atoms with Crippen LogP contribution in [0.5, 0.6) is 5.75 Å². The lowest BCUT2D eigenvalue weighted by atomic mass is 10.2. The number of aromatic nitrogens is 2. The van der Waals surface area contributed by atoms with Gasteiger partial charge in [-0.2, -0.15) is 0 Å². The number of thiophene rings is 1. The molecule has 118 valence electrons. The zero-order chi connectivity index (χ0) is 16.4. The molecule has 3 aromatic rings. The second kappa shape index (κ2) is 6.17. The largest absolute Gasteiger partial charge is 0.490 e. The Hall–Kier alpha value is -2.74. The van der Waals surface area contributed by atoms with Gasteiger partial charge in [0.15, 0.2) is 5.75 Å². The van der Waals surface area contributed by atoms with E-state index >= 15 is 0 Å². The van der Waals surface area contributed by atoms with Crippen molar-refractivity contribution in [1.82, 2.24) is 9.97 Å². The van der Waals surface area contributed by atoms with Crippen molar-refractivity contribution in [2.75, 3.05) is 12.4 Å². The van der Waals surface area contributed by atoms with E-state index in [-0.39, 0.29) is 11.4 Å². The molecule has 0 aliphatic carbocycles. The van der Waals surface area contributed by atoms with Gasteiger partial charge in [-0.15, -0.1) is 11.3 Å². The highest BCUT2D eigenvalue weighted by Crippen LogP contribution is 2.33. The summed E-state index contributed by atoms with van der Waals surface area (Å²) < 4.78 is 5.01. The van der Waals surface area contributed by atoms with Gasteiger partial charge in [0, 0.05) is 16.6 Å². The number of anilines is 2. The molecule has 7 nitrogen and oxygen atoms in total. The Morgan fingerprint density at radius 3 is 2.87 bits per heavy atom. The molecule has 0 spiro atoms. The van der Waals surface area contributed by atoms with Crippen molar-refractivity contribution in [2.45, 2.75) is 13.3 Å². The number of aryl methyl sites for hydroxylation is 1. The van der Waals surface area contributed by atoms with E-state index < -0.39 is 4.92 Å². The molecule has 3 rings (SSSR count). The van der Waals surface area contributed by atoms with E-state index in [1.807, 2.05) is 6.07 Å². The van der Waals surface area contributed by atoms with Gasteiger partial charge in [-0.05, 0) is 24.6 Å². The summed E-state index contributed by atoms with van der Waals surface area (Å²) in [7, 11) is 1.40. The van der Waals surface area contributed by atoms with E-state index in [2.05, 4.69) is 22.2 Å². The summed E-state index contributed by atoms with van der Waals surface area (Å²) >= 11 is 1.62. The number of nitro benzene ring substituents is 1. The first-order chi connectivity index (χ1) is 11.1. The molecule has 0 amide bonds. The van der Waals surface area contributed by atoms with Crippen LogP contribution in [0.1, 0.15) is 11.8 Å². The smallest absolute Gasteiger partial charge is 0.312 e. The van der Waals surface area contributed by atoms with Crippen LogP contribution in [0.3, 0.4) is 0 Å². The number of methoxy groups -OCH3 is 1. The van der Waals surface area contributed by atoms with Gasteiger partial charge in [-0.25, -0.2) is 9.97 Å². The molecule has 0 bridgehead atoms. The molecule has 0 aliphatic rings. The Kier molecular flexibility index (Phi) is 4.07. The van der Waals surface area contributed by atoms with Crippen LogP contribution in [0.2, 0.25) is 0 Å². The lowest BCUT2D eigenvalue weighted by molar-refractivity contribution is -0.385. The van der Waals surface area contributed by atoms with Gasteiger partial charge in [-0.3, -0.25) is 10.1 Å². The third-order valence-corrected chi connectivity index (χ3v) is 4.55. The highest BCUT2D eigenvalue weighted by atomic mass is 32.1. The monoisotopic (exact) mass is 330 g/mol. The Morgan fingerprint density at radius 2 is 2.17 bits per heavy atom. The highest BCUT2D eigenvalue weighted by Gasteiger charge is 2.16. The van der Waals surface area contributed by atoms with Crippen LogP contribution >= 0.6 is 11.3 Å². The predicted octanol–water partition coefficient (Wildman–Crippen LogP) is 3.91.